The Labute approximate surface area is 207 Å². The van der Waals surface area contributed by atoms with Gasteiger partial charge in [0.25, 0.3) is 0 Å². The minimum atomic E-state index is -0.132. The van der Waals surface area contributed by atoms with Crippen LogP contribution >= 0.6 is 0 Å². The van der Waals surface area contributed by atoms with Crippen molar-refractivity contribution >= 4 is 23.2 Å². The number of rotatable bonds is 6. The van der Waals surface area contributed by atoms with Gasteiger partial charge < -0.3 is 10.6 Å². The highest BCUT2D eigenvalue weighted by molar-refractivity contribution is 5.94. The van der Waals surface area contributed by atoms with E-state index in [1.165, 1.54) is 13.8 Å². The molecule has 5 rings (SSSR count). The van der Waals surface area contributed by atoms with Crippen LogP contribution in [0.25, 0.3) is 45.0 Å². The van der Waals surface area contributed by atoms with Crippen molar-refractivity contribution in [1.29, 1.82) is 0 Å². The second-order valence-electron chi connectivity index (χ2n) is 8.37. The minimum absolute atomic E-state index is 0.132. The van der Waals surface area contributed by atoms with Gasteiger partial charge in [0.2, 0.25) is 11.8 Å². The van der Waals surface area contributed by atoms with Crippen molar-refractivity contribution in [2.75, 3.05) is 10.6 Å². The van der Waals surface area contributed by atoms with Crippen LogP contribution in [0, 0.1) is 0 Å². The Morgan fingerprint density at radius 2 is 1.06 bits per heavy atom. The van der Waals surface area contributed by atoms with E-state index in [0.29, 0.717) is 0 Å². The van der Waals surface area contributed by atoms with Crippen LogP contribution in [0.15, 0.2) is 84.9 Å². The Kier molecular flexibility index (Phi) is 6.15. The SMILES string of the molecule is CC(=O)Nc1ccccc1-c1cc(-c2cccc(-c3cc(-c4ccccc4NC(C)=O)[nH]n3)c2)n[nH]1. The third-order valence-electron chi connectivity index (χ3n) is 5.67. The Morgan fingerprint density at radius 3 is 1.50 bits per heavy atom. The number of benzene rings is 3. The first kappa shape index (κ1) is 22.8. The normalized spacial score (nSPS) is 10.7. The molecule has 0 bridgehead atoms. The fraction of sp³-hybridized carbons (Fsp3) is 0.0714. The van der Waals surface area contributed by atoms with E-state index in [-0.39, 0.29) is 11.8 Å². The summed E-state index contributed by atoms with van der Waals surface area (Å²) in [6.45, 7) is 2.97. The number of nitrogens with one attached hydrogen (secondary N) is 4. The number of H-pyrrole nitrogens is 2. The zero-order valence-corrected chi connectivity index (χ0v) is 19.8. The molecule has 2 aromatic heterocycles. The minimum Gasteiger partial charge on any atom is -0.326 e. The topological polar surface area (TPSA) is 116 Å². The molecule has 0 saturated heterocycles. The van der Waals surface area contributed by atoms with Crippen molar-refractivity contribution in [3.05, 3.63) is 84.9 Å². The van der Waals surface area contributed by atoms with E-state index < -0.39 is 0 Å². The van der Waals surface area contributed by atoms with Crippen LogP contribution in [0.1, 0.15) is 13.8 Å². The van der Waals surface area contributed by atoms with E-state index in [4.69, 9.17) is 0 Å². The molecule has 0 aliphatic carbocycles. The number of hydrogen-bond donors (Lipinski definition) is 4. The number of carbonyl (C=O) groups is 2. The van der Waals surface area contributed by atoms with Crippen molar-refractivity contribution in [1.82, 2.24) is 20.4 Å². The zero-order chi connectivity index (χ0) is 25.1. The van der Waals surface area contributed by atoms with Gasteiger partial charge in [0.15, 0.2) is 0 Å². The van der Waals surface area contributed by atoms with Crippen LogP contribution in [0.4, 0.5) is 11.4 Å². The molecule has 3 aromatic carbocycles. The molecule has 178 valence electrons. The molecule has 0 atom stereocenters. The van der Waals surface area contributed by atoms with E-state index in [1.807, 2.05) is 84.9 Å². The van der Waals surface area contributed by atoms with Crippen LogP contribution in [0.2, 0.25) is 0 Å². The third kappa shape index (κ3) is 4.78. The van der Waals surface area contributed by atoms with Gasteiger partial charge in [0, 0.05) is 36.1 Å². The Balaban J connectivity index is 1.44. The van der Waals surface area contributed by atoms with Gasteiger partial charge >= 0.3 is 0 Å². The molecule has 8 heteroatoms. The summed E-state index contributed by atoms with van der Waals surface area (Å²) in [7, 11) is 0. The van der Waals surface area contributed by atoms with E-state index in [0.717, 1.165) is 56.4 Å². The quantitative estimate of drug-likeness (QED) is 0.251. The first-order valence-corrected chi connectivity index (χ1v) is 11.4. The molecule has 4 N–H and O–H groups in total. The summed E-state index contributed by atoms with van der Waals surface area (Å²) in [5.74, 6) is -0.263. The summed E-state index contributed by atoms with van der Waals surface area (Å²) < 4.78 is 0. The average Bonchev–Trinajstić information content (AvgIpc) is 3.55. The maximum atomic E-state index is 11.6. The van der Waals surface area contributed by atoms with Gasteiger partial charge in [0.05, 0.1) is 34.2 Å². The lowest BCUT2D eigenvalue weighted by Gasteiger charge is -2.07. The first-order chi connectivity index (χ1) is 17.5. The number of anilines is 2. The number of aromatic nitrogens is 4. The predicted molar refractivity (Wildman–Crippen MR) is 141 cm³/mol. The third-order valence-corrected chi connectivity index (χ3v) is 5.67. The Morgan fingerprint density at radius 1 is 0.611 bits per heavy atom. The Hall–Kier alpha value is -4.98. The molecule has 2 heterocycles. The molecule has 0 aliphatic heterocycles. The standard InChI is InChI=1S/C28H24N6O2/c1-17(35)29-23-12-5-3-10-21(23)27-15-25(31-33-27)19-8-7-9-20(14-19)26-16-28(34-32-26)22-11-4-6-13-24(22)30-18(2)36/h3-16H,1-2H3,(H,29,35)(H,30,36)(H,31,33)(H,32,34). The monoisotopic (exact) mass is 476 g/mol. The fourth-order valence-corrected chi connectivity index (χ4v) is 4.09. The van der Waals surface area contributed by atoms with Gasteiger partial charge in [-0.05, 0) is 30.3 Å². The van der Waals surface area contributed by atoms with Crippen molar-refractivity contribution in [3.8, 4) is 45.0 Å². The molecular weight excluding hydrogens is 452 g/mol. The highest BCUT2D eigenvalue weighted by Crippen LogP contribution is 2.33. The molecule has 8 nitrogen and oxygen atoms in total. The van der Waals surface area contributed by atoms with Gasteiger partial charge in [-0.2, -0.15) is 10.2 Å². The maximum absolute atomic E-state index is 11.6. The zero-order valence-electron chi connectivity index (χ0n) is 19.8. The van der Waals surface area contributed by atoms with Crippen molar-refractivity contribution in [2.24, 2.45) is 0 Å². The maximum Gasteiger partial charge on any atom is 0.221 e. The molecule has 5 aromatic rings. The number of amides is 2. The summed E-state index contributed by atoms with van der Waals surface area (Å²) in [6, 6.07) is 27.1. The molecule has 0 fully saturated rings. The van der Waals surface area contributed by atoms with Crippen LogP contribution < -0.4 is 10.6 Å². The largest absolute Gasteiger partial charge is 0.326 e. The number of aromatic amines is 2. The summed E-state index contributed by atoms with van der Waals surface area (Å²) in [5.41, 5.74) is 8.16. The lowest BCUT2D eigenvalue weighted by molar-refractivity contribution is -0.115. The molecule has 0 spiro atoms. The molecular formula is C28H24N6O2. The van der Waals surface area contributed by atoms with Gasteiger partial charge in [-0.25, -0.2) is 0 Å². The van der Waals surface area contributed by atoms with E-state index >= 15 is 0 Å². The van der Waals surface area contributed by atoms with Crippen LogP contribution in [0.3, 0.4) is 0 Å². The van der Waals surface area contributed by atoms with Gasteiger partial charge in [-0.15, -0.1) is 0 Å². The molecule has 0 aliphatic rings. The summed E-state index contributed by atoms with van der Waals surface area (Å²) >= 11 is 0. The highest BCUT2D eigenvalue weighted by Gasteiger charge is 2.13. The van der Waals surface area contributed by atoms with Gasteiger partial charge in [-0.1, -0.05) is 54.6 Å². The van der Waals surface area contributed by atoms with Crippen molar-refractivity contribution < 1.29 is 9.59 Å². The van der Waals surface area contributed by atoms with Crippen molar-refractivity contribution in [2.45, 2.75) is 13.8 Å². The van der Waals surface area contributed by atoms with Crippen molar-refractivity contribution in [3.63, 3.8) is 0 Å². The molecule has 2 amide bonds. The van der Waals surface area contributed by atoms with E-state index in [9.17, 15) is 9.59 Å². The number of nitrogens with zero attached hydrogens (tertiary/aromatic N) is 2. The summed E-state index contributed by atoms with van der Waals surface area (Å²) in [4.78, 5) is 23.2. The first-order valence-electron chi connectivity index (χ1n) is 11.4. The number of carbonyl (C=O) groups excluding carboxylic acids is 2. The lowest BCUT2D eigenvalue weighted by Crippen LogP contribution is -2.06. The fourth-order valence-electron chi connectivity index (χ4n) is 4.09. The number of hydrogen-bond acceptors (Lipinski definition) is 4. The Bertz CT molecular complexity index is 1450. The van der Waals surface area contributed by atoms with E-state index in [1.54, 1.807) is 0 Å². The average molecular weight is 477 g/mol. The number of para-hydroxylation sites is 2. The lowest BCUT2D eigenvalue weighted by atomic mass is 10.0. The molecule has 0 unspecified atom stereocenters. The molecule has 36 heavy (non-hydrogen) atoms. The highest BCUT2D eigenvalue weighted by atomic mass is 16.2. The molecule has 0 radical (unpaired) electrons. The second-order valence-corrected chi connectivity index (χ2v) is 8.37. The second kappa shape index (κ2) is 9.71. The molecule has 0 saturated carbocycles. The van der Waals surface area contributed by atoms with Crippen LogP contribution in [-0.2, 0) is 9.59 Å². The van der Waals surface area contributed by atoms with Crippen LogP contribution in [-0.4, -0.2) is 32.2 Å². The summed E-state index contributed by atoms with van der Waals surface area (Å²) in [5, 5.41) is 20.9. The van der Waals surface area contributed by atoms with Gasteiger partial charge in [0.1, 0.15) is 0 Å². The summed E-state index contributed by atoms with van der Waals surface area (Å²) in [6.07, 6.45) is 0. The van der Waals surface area contributed by atoms with Crippen LogP contribution in [0.5, 0.6) is 0 Å². The van der Waals surface area contributed by atoms with E-state index in [2.05, 4.69) is 31.0 Å². The van der Waals surface area contributed by atoms with Gasteiger partial charge in [-0.3, -0.25) is 19.8 Å². The smallest absolute Gasteiger partial charge is 0.221 e. The predicted octanol–water partition coefficient (Wildman–Crippen LogP) is 5.72.